The molecule has 4 nitrogen and oxygen atoms in total. The third-order valence-electron chi connectivity index (χ3n) is 4.89. The largest absolute Gasteiger partial charge is 0.322 e. The van der Waals surface area contributed by atoms with E-state index in [-0.39, 0.29) is 23.4 Å². The summed E-state index contributed by atoms with van der Waals surface area (Å²) in [5, 5.41) is 2.56. The molecule has 2 fully saturated rings. The number of ketones is 1. The zero-order valence-electron chi connectivity index (χ0n) is 13.1. The number of piperidine rings is 1. The summed E-state index contributed by atoms with van der Waals surface area (Å²) in [7, 11) is 0. The Balaban J connectivity index is 1.75. The van der Waals surface area contributed by atoms with Crippen molar-refractivity contribution in [3.8, 4) is 0 Å². The minimum absolute atomic E-state index is 0.122. The number of hydrogen-bond donors (Lipinski definition) is 1. The van der Waals surface area contributed by atoms with Crippen molar-refractivity contribution in [2.45, 2.75) is 44.6 Å². The predicted octanol–water partition coefficient (Wildman–Crippen LogP) is 4.13. The number of fused-ring (bicyclic) bond motifs is 1. The van der Waals surface area contributed by atoms with Crippen molar-refractivity contribution < 1.29 is 22.8 Å². The van der Waals surface area contributed by atoms with E-state index in [4.69, 9.17) is 0 Å². The van der Waals surface area contributed by atoms with Crippen molar-refractivity contribution in [1.29, 1.82) is 0 Å². The number of amides is 2. The van der Waals surface area contributed by atoms with Crippen LogP contribution in [0.15, 0.2) is 18.2 Å². The van der Waals surface area contributed by atoms with Crippen LogP contribution in [0.2, 0.25) is 0 Å². The summed E-state index contributed by atoms with van der Waals surface area (Å²) in [4.78, 5) is 26.2. The minimum atomic E-state index is -2.95. The average Bonchev–Trinajstić information content (AvgIpc) is 2.57. The van der Waals surface area contributed by atoms with Gasteiger partial charge in [-0.25, -0.2) is 18.0 Å². The second kappa shape index (κ2) is 6.83. The van der Waals surface area contributed by atoms with E-state index in [1.165, 1.54) is 6.07 Å². The van der Waals surface area contributed by atoms with E-state index in [1.54, 1.807) is 4.90 Å². The molecule has 1 saturated carbocycles. The van der Waals surface area contributed by atoms with Crippen LogP contribution in [-0.4, -0.2) is 29.3 Å². The molecule has 2 unspecified atom stereocenters. The summed E-state index contributed by atoms with van der Waals surface area (Å²) in [6, 6.07) is 2.57. The summed E-state index contributed by atoms with van der Waals surface area (Å²) in [6.45, 7) is 0.328. The lowest BCUT2D eigenvalue weighted by Crippen LogP contribution is -2.54. The van der Waals surface area contributed by atoms with Crippen molar-refractivity contribution in [3.05, 3.63) is 29.6 Å². The van der Waals surface area contributed by atoms with Crippen LogP contribution in [0.4, 0.5) is 23.7 Å². The molecule has 2 aliphatic rings. The van der Waals surface area contributed by atoms with Gasteiger partial charge in [0.2, 0.25) is 0 Å². The first kappa shape index (κ1) is 16.8. The fourth-order valence-electron chi connectivity index (χ4n) is 3.68. The minimum Gasteiger partial charge on any atom is -0.320 e. The molecule has 1 aliphatic heterocycles. The maximum atomic E-state index is 13.3. The highest BCUT2D eigenvalue weighted by Gasteiger charge is 2.40. The summed E-state index contributed by atoms with van der Waals surface area (Å²) in [5.41, 5.74) is -0.613. The van der Waals surface area contributed by atoms with Crippen LogP contribution in [0.1, 0.15) is 44.1 Å². The summed E-state index contributed by atoms with van der Waals surface area (Å²) in [5.74, 6) is -0.924. The van der Waals surface area contributed by atoms with Crippen molar-refractivity contribution in [2.75, 3.05) is 11.9 Å². The van der Waals surface area contributed by atoms with Crippen LogP contribution >= 0.6 is 0 Å². The molecule has 0 aromatic heterocycles. The molecule has 2 atom stereocenters. The van der Waals surface area contributed by atoms with Gasteiger partial charge in [-0.2, -0.15) is 0 Å². The number of anilines is 1. The lowest BCUT2D eigenvalue weighted by molar-refractivity contribution is -0.129. The van der Waals surface area contributed by atoms with Gasteiger partial charge in [0.05, 0.1) is 5.56 Å². The smallest absolute Gasteiger partial charge is 0.320 e. The molecule has 1 aromatic carbocycles. The zero-order chi connectivity index (χ0) is 17.3. The lowest BCUT2D eigenvalue weighted by Gasteiger charge is -2.42. The molecule has 0 bridgehead atoms. The first-order chi connectivity index (χ1) is 11.5. The van der Waals surface area contributed by atoms with Crippen molar-refractivity contribution in [1.82, 2.24) is 4.90 Å². The Morgan fingerprint density at radius 2 is 2.00 bits per heavy atom. The average molecular weight is 340 g/mol. The van der Waals surface area contributed by atoms with E-state index in [2.05, 4.69) is 5.32 Å². The fourth-order valence-corrected chi connectivity index (χ4v) is 3.68. The molecule has 2 amide bonds. The Labute approximate surface area is 138 Å². The number of Topliss-reactive ketones (excluding diaryl/α,β-unsaturated/α-hetero) is 1. The monoisotopic (exact) mass is 340 g/mol. The number of hydrogen-bond acceptors (Lipinski definition) is 2. The third-order valence-corrected chi connectivity index (χ3v) is 4.89. The molecule has 24 heavy (non-hydrogen) atoms. The summed E-state index contributed by atoms with van der Waals surface area (Å²) < 4.78 is 38.9. The highest BCUT2D eigenvalue weighted by atomic mass is 19.3. The summed E-state index contributed by atoms with van der Waals surface area (Å²) in [6.07, 6.45) is 0.884. The summed E-state index contributed by atoms with van der Waals surface area (Å²) >= 11 is 0. The number of rotatable bonds is 2. The molecule has 3 rings (SSSR count). The molecule has 1 saturated heterocycles. The van der Waals surface area contributed by atoms with Crippen molar-refractivity contribution in [3.63, 3.8) is 0 Å². The molecular weight excluding hydrogens is 321 g/mol. The van der Waals surface area contributed by atoms with Gasteiger partial charge in [0.1, 0.15) is 11.6 Å². The van der Waals surface area contributed by atoms with Gasteiger partial charge in [0.15, 0.2) is 0 Å². The van der Waals surface area contributed by atoms with Crippen molar-refractivity contribution in [2.24, 2.45) is 5.92 Å². The van der Waals surface area contributed by atoms with Crippen LogP contribution in [-0.2, 0) is 4.79 Å². The van der Waals surface area contributed by atoms with E-state index in [0.717, 1.165) is 37.8 Å². The lowest BCUT2D eigenvalue weighted by atomic mass is 9.77. The fraction of sp³-hybridized carbons (Fsp3) is 0.529. The van der Waals surface area contributed by atoms with Crippen LogP contribution < -0.4 is 5.32 Å². The second-order valence-corrected chi connectivity index (χ2v) is 6.34. The number of likely N-dealkylation sites (tertiary alicyclic amines) is 1. The van der Waals surface area contributed by atoms with Gasteiger partial charge in [-0.15, -0.1) is 0 Å². The standard InChI is InChI=1S/C17H19F3N2O2/c18-13-6-5-10(9-12(13)16(19)20)21-17(24)22-8-7-15(23)11-3-1-2-4-14(11)22/h5-6,9,11,14,16H,1-4,7-8H2,(H,21,24). The Morgan fingerprint density at radius 1 is 1.25 bits per heavy atom. The Hall–Kier alpha value is -2.05. The number of carbonyl (C=O) groups excluding carboxylic acids is 2. The molecule has 130 valence electrons. The first-order valence-corrected chi connectivity index (χ1v) is 8.15. The van der Waals surface area contributed by atoms with E-state index in [9.17, 15) is 22.8 Å². The van der Waals surface area contributed by atoms with Crippen molar-refractivity contribution >= 4 is 17.5 Å². The number of nitrogens with one attached hydrogen (secondary N) is 1. The zero-order valence-corrected chi connectivity index (χ0v) is 13.1. The van der Waals surface area contributed by atoms with Crippen LogP contribution in [0.25, 0.3) is 0 Å². The SMILES string of the molecule is O=C1CCN(C(=O)Nc2ccc(F)c(C(F)F)c2)C2CCCCC12. The number of halogens is 3. The molecule has 1 aliphatic carbocycles. The molecule has 7 heteroatoms. The number of alkyl halides is 2. The van der Waals surface area contributed by atoms with Gasteiger partial charge < -0.3 is 10.2 Å². The maximum absolute atomic E-state index is 13.3. The Bertz CT molecular complexity index is 651. The Morgan fingerprint density at radius 3 is 2.75 bits per heavy atom. The highest BCUT2D eigenvalue weighted by Crippen LogP contribution is 2.34. The maximum Gasteiger partial charge on any atom is 0.322 e. The quantitative estimate of drug-likeness (QED) is 0.880. The van der Waals surface area contributed by atoms with Gasteiger partial charge in [-0.3, -0.25) is 4.79 Å². The van der Waals surface area contributed by atoms with E-state index < -0.39 is 23.8 Å². The number of urea groups is 1. The molecule has 1 aromatic rings. The van der Waals surface area contributed by atoms with Gasteiger partial charge in [-0.1, -0.05) is 12.8 Å². The van der Waals surface area contributed by atoms with Crippen LogP contribution in [0.3, 0.4) is 0 Å². The van der Waals surface area contributed by atoms with E-state index >= 15 is 0 Å². The number of benzene rings is 1. The molecule has 0 radical (unpaired) electrons. The predicted molar refractivity (Wildman–Crippen MR) is 82.5 cm³/mol. The normalized spacial score (nSPS) is 24.0. The van der Waals surface area contributed by atoms with E-state index in [0.29, 0.717) is 13.0 Å². The van der Waals surface area contributed by atoms with Gasteiger partial charge in [0, 0.05) is 30.6 Å². The topological polar surface area (TPSA) is 49.4 Å². The molecular formula is C17H19F3N2O2. The van der Waals surface area contributed by atoms with Crippen LogP contribution in [0.5, 0.6) is 0 Å². The Kier molecular flexibility index (Phi) is 4.78. The first-order valence-electron chi connectivity index (χ1n) is 8.15. The highest BCUT2D eigenvalue weighted by molar-refractivity contribution is 5.92. The molecule has 1 N–H and O–H groups in total. The molecule has 0 spiro atoms. The second-order valence-electron chi connectivity index (χ2n) is 6.34. The molecule has 1 heterocycles. The van der Waals surface area contributed by atoms with E-state index in [1.807, 2.05) is 0 Å². The third kappa shape index (κ3) is 3.25. The number of nitrogens with zero attached hydrogens (tertiary/aromatic N) is 1. The number of carbonyl (C=O) groups is 2. The van der Waals surface area contributed by atoms with Gasteiger partial charge >= 0.3 is 6.03 Å². The van der Waals surface area contributed by atoms with Gasteiger partial charge in [0.25, 0.3) is 6.43 Å². The van der Waals surface area contributed by atoms with Gasteiger partial charge in [-0.05, 0) is 31.0 Å². The van der Waals surface area contributed by atoms with Crippen LogP contribution in [0, 0.1) is 11.7 Å².